The van der Waals surface area contributed by atoms with Crippen LogP contribution in [0.2, 0.25) is 0 Å². The van der Waals surface area contributed by atoms with Crippen LogP contribution in [0, 0.1) is 17.3 Å². The molecule has 0 unspecified atom stereocenters. The highest BCUT2D eigenvalue weighted by molar-refractivity contribution is 5.56. The largest absolute Gasteiger partial charge is 0.312 e. The molecular weight excluding hydrogens is 117 g/mol. The summed E-state index contributed by atoms with van der Waals surface area (Å²) in [6.45, 7) is 0. The molecule has 9 heavy (non-hydrogen) atoms. The van der Waals surface area contributed by atoms with E-state index in [-0.39, 0.29) is 0 Å². The van der Waals surface area contributed by atoms with Crippen molar-refractivity contribution in [1.82, 2.24) is 0 Å². The minimum atomic E-state index is 0.435. The lowest BCUT2D eigenvalue weighted by molar-refractivity contribution is 0.717. The summed E-state index contributed by atoms with van der Waals surface area (Å²) in [4.78, 5) is 0. The first-order valence-corrected chi connectivity index (χ1v) is 2.61. The molecule has 0 heterocycles. The molecule has 0 aromatic rings. The van der Waals surface area contributed by atoms with Gasteiger partial charge < -0.3 is 5.41 Å². The summed E-state index contributed by atoms with van der Waals surface area (Å²) in [6, 6.07) is 0. The van der Waals surface area contributed by atoms with E-state index in [0.29, 0.717) is 19.2 Å². The minimum Gasteiger partial charge on any atom is -0.312 e. The van der Waals surface area contributed by atoms with Gasteiger partial charge in [-0.25, -0.2) is 4.39 Å². The number of hydrogen-bond donors (Lipinski definition) is 1. The molecule has 0 aliphatic rings. The highest BCUT2D eigenvalue weighted by Gasteiger charge is 1.66. The van der Waals surface area contributed by atoms with Gasteiger partial charge in [0.1, 0.15) is 0 Å². The van der Waals surface area contributed by atoms with Crippen LogP contribution in [-0.2, 0) is 0 Å². The lowest BCUT2D eigenvalue weighted by Gasteiger charge is -1.71. The quantitative estimate of drug-likeness (QED) is 0.430. The second-order valence-electron chi connectivity index (χ2n) is 1.33. The van der Waals surface area contributed by atoms with E-state index in [4.69, 9.17) is 5.41 Å². The van der Waals surface area contributed by atoms with Crippen LogP contribution < -0.4 is 0 Å². The third-order valence-electron chi connectivity index (χ3n) is 0.638. The molecule has 0 aromatic carbocycles. The highest BCUT2D eigenvalue weighted by atomic mass is 19.1. The molecule has 0 bridgehead atoms. The van der Waals surface area contributed by atoms with Gasteiger partial charge in [-0.3, -0.25) is 0 Å². The molecule has 0 fully saturated rings. The van der Waals surface area contributed by atoms with Gasteiger partial charge in [0.15, 0.2) is 0 Å². The zero-order valence-corrected chi connectivity index (χ0v) is 5.02. The van der Waals surface area contributed by atoms with Crippen molar-refractivity contribution >= 4 is 6.21 Å². The molecule has 0 radical (unpaired) electrons. The SMILES string of the molecule is N=CCC#CC/C=C/F. The summed E-state index contributed by atoms with van der Waals surface area (Å²) in [5.41, 5.74) is 0. The average Bonchev–Trinajstić information content (AvgIpc) is 1.89. The predicted octanol–water partition coefficient (Wildman–Crippen LogP) is 1.90. The summed E-state index contributed by atoms with van der Waals surface area (Å²) >= 11 is 0. The standard InChI is InChI=1S/C7H8FN/c8-6-4-2-1-3-5-7-9/h4,6-7,9H,2,5H2/b6-4+,9-7?. The summed E-state index contributed by atoms with van der Waals surface area (Å²) < 4.78 is 11.2. The molecule has 0 amide bonds. The number of allylic oxidation sites excluding steroid dienone is 1. The van der Waals surface area contributed by atoms with Crippen molar-refractivity contribution in [2.45, 2.75) is 12.8 Å². The van der Waals surface area contributed by atoms with Gasteiger partial charge >= 0.3 is 0 Å². The fourth-order valence-electron chi connectivity index (χ4n) is 0.299. The van der Waals surface area contributed by atoms with Gasteiger partial charge in [0.05, 0.1) is 6.33 Å². The fraction of sp³-hybridized carbons (Fsp3) is 0.286. The first-order valence-electron chi connectivity index (χ1n) is 2.61. The smallest absolute Gasteiger partial charge is 0.0836 e. The van der Waals surface area contributed by atoms with Crippen molar-refractivity contribution in [3.8, 4) is 11.8 Å². The van der Waals surface area contributed by atoms with Gasteiger partial charge in [-0.2, -0.15) is 0 Å². The monoisotopic (exact) mass is 125 g/mol. The van der Waals surface area contributed by atoms with Crippen molar-refractivity contribution in [3.63, 3.8) is 0 Å². The Bertz CT molecular complexity index is 150. The lowest BCUT2D eigenvalue weighted by Crippen LogP contribution is -1.64. The summed E-state index contributed by atoms with van der Waals surface area (Å²) in [5.74, 6) is 5.32. The van der Waals surface area contributed by atoms with Crippen LogP contribution in [0.25, 0.3) is 0 Å². The zero-order valence-electron chi connectivity index (χ0n) is 5.02. The molecule has 0 atom stereocenters. The van der Waals surface area contributed by atoms with Crippen LogP contribution in [0.1, 0.15) is 12.8 Å². The van der Waals surface area contributed by atoms with Gasteiger partial charge in [0.2, 0.25) is 0 Å². The van der Waals surface area contributed by atoms with Crippen molar-refractivity contribution < 1.29 is 4.39 Å². The zero-order chi connectivity index (χ0) is 6.95. The Balaban J connectivity index is 3.26. The van der Waals surface area contributed by atoms with Crippen LogP contribution >= 0.6 is 0 Å². The Hall–Kier alpha value is -1.10. The molecule has 1 N–H and O–H groups in total. The number of hydrogen-bond acceptors (Lipinski definition) is 1. The maximum Gasteiger partial charge on any atom is 0.0836 e. The van der Waals surface area contributed by atoms with E-state index < -0.39 is 0 Å². The second-order valence-corrected chi connectivity index (χ2v) is 1.33. The van der Waals surface area contributed by atoms with E-state index in [1.54, 1.807) is 0 Å². The Morgan fingerprint density at radius 1 is 1.33 bits per heavy atom. The Labute approximate surface area is 54.1 Å². The molecule has 2 heteroatoms. The van der Waals surface area contributed by atoms with Crippen LogP contribution in [0.4, 0.5) is 4.39 Å². The van der Waals surface area contributed by atoms with Crippen molar-refractivity contribution in [1.29, 1.82) is 5.41 Å². The van der Waals surface area contributed by atoms with Crippen molar-refractivity contribution in [2.24, 2.45) is 0 Å². The molecule has 0 saturated carbocycles. The number of nitrogens with one attached hydrogen (secondary N) is 1. The van der Waals surface area contributed by atoms with Crippen molar-refractivity contribution in [3.05, 3.63) is 12.4 Å². The van der Waals surface area contributed by atoms with Gasteiger partial charge in [0, 0.05) is 19.1 Å². The number of rotatable bonds is 2. The molecule has 0 rings (SSSR count). The molecule has 0 aliphatic carbocycles. The first-order chi connectivity index (χ1) is 4.41. The van der Waals surface area contributed by atoms with Gasteiger partial charge in [-0.1, -0.05) is 11.8 Å². The van der Waals surface area contributed by atoms with E-state index >= 15 is 0 Å². The second kappa shape index (κ2) is 6.90. The van der Waals surface area contributed by atoms with Crippen LogP contribution in [0.15, 0.2) is 12.4 Å². The maximum absolute atomic E-state index is 11.2. The normalized spacial score (nSPS) is 8.56. The van der Waals surface area contributed by atoms with Crippen LogP contribution in [0.3, 0.4) is 0 Å². The lowest BCUT2D eigenvalue weighted by atomic mass is 10.4. The van der Waals surface area contributed by atoms with E-state index in [1.807, 2.05) is 0 Å². The molecule has 1 nitrogen and oxygen atoms in total. The minimum absolute atomic E-state index is 0.435. The van der Waals surface area contributed by atoms with Gasteiger partial charge in [-0.05, 0) is 6.08 Å². The third kappa shape index (κ3) is 6.90. The predicted molar refractivity (Wildman–Crippen MR) is 36.0 cm³/mol. The topological polar surface area (TPSA) is 23.9 Å². The molecule has 0 spiro atoms. The Morgan fingerprint density at radius 2 is 2.00 bits per heavy atom. The summed E-state index contributed by atoms with van der Waals surface area (Å²) in [6.07, 6.45) is 3.91. The Kier molecular flexibility index (Phi) is 6.06. The molecule has 0 saturated heterocycles. The highest BCUT2D eigenvalue weighted by Crippen LogP contribution is 1.79. The molecule has 0 aliphatic heterocycles. The molecule has 0 aromatic heterocycles. The van der Waals surface area contributed by atoms with E-state index in [9.17, 15) is 4.39 Å². The van der Waals surface area contributed by atoms with Gasteiger partial charge in [0.25, 0.3) is 0 Å². The van der Waals surface area contributed by atoms with E-state index in [2.05, 4.69) is 11.8 Å². The summed E-state index contributed by atoms with van der Waals surface area (Å²) in [7, 11) is 0. The maximum atomic E-state index is 11.2. The third-order valence-corrected chi connectivity index (χ3v) is 0.638. The first kappa shape index (κ1) is 7.90. The van der Waals surface area contributed by atoms with Crippen molar-refractivity contribution in [2.75, 3.05) is 0 Å². The van der Waals surface area contributed by atoms with Crippen LogP contribution in [-0.4, -0.2) is 6.21 Å². The van der Waals surface area contributed by atoms with E-state index in [0.717, 1.165) is 0 Å². The van der Waals surface area contributed by atoms with E-state index in [1.165, 1.54) is 12.3 Å². The van der Waals surface area contributed by atoms with Crippen LogP contribution in [0.5, 0.6) is 0 Å². The number of halogens is 1. The van der Waals surface area contributed by atoms with Gasteiger partial charge in [-0.15, -0.1) is 0 Å². The molecular formula is C7H8FN. The fourth-order valence-corrected chi connectivity index (χ4v) is 0.299. The molecule has 48 valence electrons. The summed E-state index contributed by atoms with van der Waals surface area (Å²) in [5, 5.41) is 6.56. The Morgan fingerprint density at radius 3 is 2.56 bits per heavy atom. The average molecular weight is 125 g/mol.